The van der Waals surface area contributed by atoms with Gasteiger partial charge in [-0.05, 0) is 38.3 Å². The molecule has 0 spiro atoms. The van der Waals surface area contributed by atoms with E-state index in [4.69, 9.17) is 0 Å². The predicted octanol–water partition coefficient (Wildman–Crippen LogP) is 0.345. The first kappa shape index (κ1) is 17.4. The SMILES string of the molecule is CCc1ncc(S(=O)(=O)NCCCN2CCC[C@@H](CO)C2)[nH]1. The van der Waals surface area contributed by atoms with Crippen molar-refractivity contribution in [3.8, 4) is 0 Å². The molecule has 1 atom stereocenters. The van der Waals surface area contributed by atoms with Crippen molar-refractivity contribution in [1.82, 2.24) is 19.6 Å². The van der Waals surface area contributed by atoms with Gasteiger partial charge in [0.2, 0.25) is 0 Å². The third kappa shape index (κ3) is 4.77. The van der Waals surface area contributed by atoms with Gasteiger partial charge in [0.25, 0.3) is 10.0 Å². The Kier molecular flexibility index (Phi) is 6.37. The minimum atomic E-state index is -3.49. The lowest BCUT2D eigenvalue weighted by Crippen LogP contribution is -2.38. The number of nitrogens with zero attached hydrogens (tertiary/aromatic N) is 2. The molecule has 8 heteroatoms. The normalized spacial score (nSPS) is 20.4. The second-order valence-electron chi connectivity index (χ2n) is 5.79. The van der Waals surface area contributed by atoms with Gasteiger partial charge in [-0.25, -0.2) is 18.1 Å². The molecule has 0 amide bonds. The molecule has 0 saturated carbocycles. The summed E-state index contributed by atoms with van der Waals surface area (Å²) in [6.07, 6.45) is 4.98. The van der Waals surface area contributed by atoms with Gasteiger partial charge in [-0.3, -0.25) is 0 Å². The molecule has 0 unspecified atom stereocenters. The molecule has 126 valence electrons. The quantitative estimate of drug-likeness (QED) is 0.597. The Labute approximate surface area is 132 Å². The summed E-state index contributed by atoms with van der Waals surface area (Å²) in [6.45, 7) is 5.35. The smallest absolute Gasteiger partial charge is 0.257 e. The molecule has 2 rings (SSSR count). The van der Waals surface area contributed by atoms with Crippen LogP contribution in [-0.2, 0) is 16.4 Å². The standard InChI is InChI=1S/C14H26N4O3S/c1-2-13-15-9-14(17-13)22(20,21)16-6-4-8-18-7-3-5-12(10-18)11-19/h9,12,16,19H,2-8,10-11H2,1H3,(H,15,17)/t12-/m1/s1. The van der Waals surface area contributed by atoms with Gasteiger partial charge in [0.15, 0.2) is 5.03 Å². The Morgan fingerprint density at radius 2 is 2.36 bits per heavy atom. The van der Waals surface area contributed by atoms with E-state index in [2.05, 4.69) is 19.6 Å². The highest BCUT2D eigenvalue weighted by Crippen LogP contribution is 2.15. The first-order valence-electron chi connectivity index (χ1n) is 7.92. The molecule has 1 fully saturated rings. The van der Waals surface area contributed by atoms with E-state index in [9.17, 15) is 13.5 Å². The van der Waals surface area contributed by atoms with E-state index >= 15 is 0 Å². The summed E-state index contributed by atoms with van der Waals surface area (Å²) >= 11 is 0. The summed E-state index contributed by atoms with van der Waals surface area (Å²) in [6, 6.07) is 0. The Morgan fingerprint density at radius 3 is 3.05 bits per heavy atom. The average molecular weight is 330 g/mol. The molecule has 1 saturated heterocycles. The molecule has 0 bridgehead atoms. The molecular weight excluding hydrogens is 304 g/mol. The molecule has 0 radical (unpaired) electrons. The minimum Gasteiger partial charge on any atom is -0.396 e. The zero-order valence-electron chi connectivity index (χ0n) is 13.1. The number of imidazole rings is 1. The van der Waals surface area contributed by atoms with E-state index < -0.39 is 10.0 Å². The lowest BCUT2D eigenvalue weighted by atomic mass is 9.99. The number of nitrogens with one attached hydrogen (secondary N) is 2. The summed E-state index contributed by atoms with van der Waals surface area (Å²) in [5, 5.41) is 9.34. The van der Waals surface area contributed by atoms with Gasteiger partial charge in [-0.1, -0.05) is 6.92 Å². The van der Waals surface area contributed by atoms with Crippen LogP contribution in [0, 0.1) is 5.92 Å². The number of aromatic nitrogens is 2. The number of hydrogen-bond acceptors (Lipinski definition) is 5. The lowest BCUT2D eigenvalue weighted by Gasteiger charge is -2.31. The second kappa shape index (κ2) is 8.05. The molecular formula is C14H26N4O3S. The van der Waals surface area contributed by atoms with E-state index in [1.54, 1.807) is 0 Å². The van der Waals surface area contributed by atoms with E-state index in [1.807, 2.05) is 6.92 Å². The van der Waals surface area contributed by atoms with Crippen molar-refractivity contribution in [2.24, 2.45) is 5.92 Å². The van der Waals surface area contributed by atoms with Crippen LogP contribution in [0.2, 0.25) is 0 Å². The fraction of sp³-hybridized carbons (Fsp3) is 0.786. The van der Waals surface area contributed by atoms with Gasteiger partial charge in [0.05, 0.1) is 6.20 Å². The summed E-state index contributed by atoms with van der Waals surface area (Å²) < 4.78 is 26.8. The van der Waals surface area contributed by atoms with Crippen LogP contribution >= 0.6 is 0 Å². The van der Waals surface area contributed by atoms with Crippen LogP contribution in [-0.4, -0.2) is 61.2 Å². The highest BCUT2D eigenvalue weighted by molar-refractivity contribution is 7.89. The number of likely N-dealkylation sites (tertiary alicyclic amines) is 1. The van der Waals surface area contributed by atoms with Crippen molar-refractivity contribution >= 4 is 10.0 Å². The van der Waals surface area contributed by atoms with E-state index in [-0.39, 0.29) is 11.6 Å². The van der Waals surface area contributed by atoms with Crippen LogP contribution in [0.4, 0.5) is 0 Å². The number of aryl methyl sites for hydroxylation is 1. The monoisotopic (exact) mass is 330 g/mol. The largest absolute Gasteiger partial charge is 0.396 e. The van der Waals surface area contributed by atoms with Crippen LogP contribution in [0.15, 0.2) is 11.2 Å². The molecule has 1 aliphatic heterocycles. The van der Waals surface area contributed by atoms with E-state index in [0.29, 0.717) is 24.7 Å². The third-order valence-corrected chi connectivity index (χ3v) is 5.40. The van der Waals surface area contributed by atoms with Crippen molar-refractivity contribution < 1.29 is 13.5 Å². The van der Waals surface area contributed by atoms with Crippen molar-refractivity contribution in [3.63, 3.8) is 0 Å². The number of hydrogen-bond donors (Lipinski definition) is 3. The highest BCUT2D eigenvalue weighted by Gasteiger charge is 2.19. The second-order valence-corrected chi connectivity index (χ2v) is 7.53. The van der Waals surface area contributed by atoms with Crippen LogP contribution in [0.5, 0.6) is 0 Å². The zero-order valence-corrected chi connectivity index (χ0v) is 13.9. The predicted molar refractivity (Wildman–Crippen MR) is 84.0 cm³/mol. The van der Waals surface area contributed by atoms with Crippen molar-refractivity contribution in [2.75, 3.05) is 32.8 Å². The average Bonchev–Trinajstić information content (AvgIpc) is 3.02. The van der Waals surface area contributed by atoms with Crippen molar-refractivity contribution in [1.29, 1.82) is 0 Å². The summed E-state index contributed by atoms with van der Waals surface area (Å²) in [7, 11) is -3.49. The number of rotatable bonds is 8. The number of aromatic amines is 1. The van der Waals surface area contributed by atoms with Gasteiger partial charge < -0.3 is 15.0 Å². The maximum atomic E-state index is 12.1. The summed E-state index contributed by atoms with van der Waals surface area (Å²) in [5.74, 6) is 1.03. The first-order valence-corrected chi connectivity index (χ1v) is 9.40. The third-order valence-electron chi connectivity index (χ3n) is 4.03. The van der Waals surface area contributed by atoms with Gasteiger partial charge in [-0.15, -0.1) is 0 Å². The van der Waals surface area contributed by atoms with Crippen LogP contribution in [0.25, 0.3) is 0 Å². The first-order chi connectivity index (χ1) is 10.5. The Morgan fingerprint density at radius 1 is 1.55 bits per heavy atom. The number of aliphatic hydroxyl groups is 1. The maximum Gasteiger partial charge on any atom is 0.257 e. The molecule has 1 aromatic heterocycles. The van der Waals surface area contributed by atoms with Crippen molar-refractivity contribution in [2.45, 2.75) is 37.6 Å². The maximum absolute atomic E-state index is 12.1. The summed E-state index contributed by atoms with van der Waals surface area (Å²) in [4.78, 5) is 9.12. The molecule has 7 nitrogen and oxygen atoms in total. The van der Waals surface area contributed by atoms with E-state index in [1.165, 1.54) is 6.20 Å². The molecule has 2 heterocycles. The minimum absolute atomic E-state index is 0.127. The molecule has 0 aromatic carbocycles. The molecule has 3 N–H and O–H groups in total. The van der Waals surface area contributed by atoms with E-state index in [0.717, 1.165) is 38.9 Å². The molecule has 22 heavy (non-hydrogen) atoms. The number of sulfonamides is 1. The van der Waals surface area contributed by atoms with Crippen molar-refractivity contribution in [3.05, 3.63) is 12.0 Å². The van der Waals surface area contributed by atoms with Crippen LogP contribution < -0.4 is 4.72 Å². The Hall–Kier alpha value is -0.960. The summed E-state index contributed by atoms with van der Waals surface area (Å²) in [5.41, 5.74) is 0. The zero-order chi connectivity index (χ0) is 16.0. The van der Waals surface area contributed by atoms with Gasteiger partial charge >= 0.3 is 0 Å². The number of H-pyrrole nitrogens is 1. The topological polar surface area (TPSA) is 98.3 Å². The van der Waals surface area contributed by atoms with Gasteiger partial charge in [-0.2, -0.15) is 0 Å². The highest BCUT2D eigenvalue weighted by atomic mass is 32.2. The van der Waals surface area contributed by atoms with Crippen LogP contribution in [0.3, 0.4) is 0 Å². The van der Waals surface area contributed by atoms with Gasteiger partial charge in [0.1, 0.15) is 5.82 Å². The van der Waals surface area contributed by atoms with Gasteiger partial charge in [0, 0.05) is 26.1 Å². The molecule has 1 aliphatic rings. The fourth-order valence-corrected chi connectivity index (χ4v) is 3.76. The van der Waals surface area contributed by atoms with Crippen LogP contribution in [0.1, 0.15) is 32.0 Å². The Bertz CT molecular complexity index is 558. The fourth-order valence-electron chi connectivity index (χ4n) is 2.75. The number of aliphatic hydroxyl groups excluding tert-OH is 1. The molecule has 1 aromatic rings. The number of piperidine rings is 1. The molecule has 0 aliphatic carbocycles. The lowest BCUT2D eigenvalue weighted by molar-refractivity contribution is 0.120. The Balaban J connectivity index is 1.73.